The lowest BCUT2D eigenvalue weighted by molar-refractivity contribution is -0.385. The molecular weight excluding hydrogens is 507 g/mol. The van der Waals surface area contributed by atoms with Crippen molar-refractivity contribution >= 4 is 52.2 Å². The molecule has 0 N–H and O–H groups in total. The van der Waals surface area contributed by atoms with Crippen LogP contribution in [0.1, 0.15) is 23.6 Å². The third-order valence-electron chi connectivity index (χ3n) is 4.15. The fraction of sp³-hybridized carbons (Fsp3) is 0.150. The molecule has 10 heteroatoms. The summed E-state index contributed by atoms with van der Waals surface area (Å²) in [4.78, 5) is 38.4. The van der Waals surface area contributed by atoms with E-state index in [2.05, 4.69) is 4.99 Å². The van der Waals surface area contributed by atoms with Crippen LogP contribution in [0.5, 0.6) is 11.5 Å². The lowest BCUT2D eigenvalue weighted by atomic mass is 10.1. The predicted molar refractivity (Wildman–Crippen MR) is 115 cm³/mol. The van der Waals surface area contributed by atoms with E-state index in [0.717, 1.165) is 0 Å². The Bertz CT molecular complexity index is 1140. The second-order valence-electron chi connectivity index (χ2n) is 6.17. The lowest BCUT2D eigenvalue weighted by Gasteiger charge is -2.11. The van der Waals surface area contributed by atoms with E-state index < -0.39 is 16.9 Å². The molecule has 2 aromatic rings. The SMILES string of the molecule is COc1cc(/C=C2\N=C(c3cccc([N+](=O)[O-])c3C)OC2=O)cc(I)c1OC(C)=O. The van der Waals surface area contributed by atoms with Crippen LogP contribution in [0.25, 0.3) is 6.08 Å². The van der Waals surface area contributed by atoms with E-state index in [0.29, 0.717) is 26.0 Å². The summed E-state index contributed by atoms with van der Waals surface area (Å²) >= 11 is 1.99. The number of hydrogen-bond donors (Lipinski definition) is 0. The molecule has 1 aliphatic heterocycles. The Labute approximate surface area is 184 Å². The van der Waals surface area contributed by atoms with E-state index >= 15 is 0 Å². The number of cyclic esters (lactones) is 1. The number of carbonyl (C=O) groups excluding carboxylic acids is 2. The zero-order valence-corrected chi connectivity index (χ0v) is 18.3. The summed E-state index contributed by atoms with van der Waals surface area (Å²) in [5.74, 6) is -0.593. The van der Waals surface area contributed by atoms with Gasteiger partial charge >= 0.3 is 11.9 Å². The summed E-state index contributed by atoms with van der Waals surface area (Å²) in [5, 5.41) is 11.1. The van der Waals surface area contributed by atoms with Gasteiger partial charge in [-0.2, -0.15) is 0 Å². The van der Waals surface area contributed by atoms with Crippen LogP contribution < -0.4 is 9.47 Å². The quantitative estimate of drug-likeness (QED) is 0.147. The molecule has 0 radical (unpaired) electrons. The van der Waals surface area contributed by atoms with Crippen LogP contribution in [0.2, 0.25) is 0 Å². The highest BCUT2D eigenvalue weighted by Crippen LogP contribution is 2.35. The molecular formula is C20H15IN2O7. The lowest BCUT2D eigenvalue weighted by Crippen LogP contribution is -2.08. The van der Waals surface area contributed by atoms with E-state index in [1.165, 1.54) is 32.2 Å². The van der Waals surface area contributed by atoms with Gasteiger partial charge in [-0.15, -0.1) is 0 Å². The number of aliphatic imine (C=N–C) groups is 1. The molecule has 0 amide bonds. The van der Waals surface area contributed by atoms with Gasteiger partial charge in [-0.05, 0) is 59.4 Å². The number of methoxy groups -OCH3 is 1. The van der Waals surface area contributed by atoms with Crippen molar-refractivity contribution in [2.24, 2.45) is 4.99 Å². The summed E-state index contributed by atoms with van der Waals surface area (Å²) < 4.78 is 16.3. The first kappa shape index (κ1) is 21.4. The molecule has 3 rings (SSSR count). The Hall–Kier alpha value is -3.28. The van der Waals surface area contributed by atoms with Gasteiger partial charge in [0.1, 0.15) is 0 Å². The number of nitrogens with zero attached hydrogens (tertiary/aromatic N) is 2. The highest BCUT2D eigenvalue weighted by Gasteiger charge is 2.27. The van der Waals surface area contributed by atoms with Gasteiger partial charge in [0.15, 0.2) is 17.2 Å². The van der Waals surface area contributed by atoms with Crippen LogP contribution in [0, 0.1) is 20.6 Å². The molecule has 0 saturated heterocycles. The van der Waals surface area contributed by atoms with Gasteiger partial charge in [0.25, 0.3) is 5.69 Å². The zero-order chi connectivity index (χ0) is 22.0. The summed E-state index contributed by atoms with van der Waals surface area (Å²) in [7, 11) is 1.43. The van der Waals surface area contributed by atoms with Crippen LogP contribution in [-0.2, 0) is 14.3 Å². The average molecular weight is 522 g/mol. The van der Waals surface area contributed by atoms with Crippen LogP contribution in [-0.4, -0.2) is 29.9 Å². The number of esters is 2. The molecule has 0 spiro atoms. The molecule has 0 fully saturated rings. The highest BCUT2D eigenvalue weighted by atomic mass is 127. The first-order valence-corrected chi connectivity index (χ1v) is 9.62. The van der Waals surface area contributed by atoms with Gasteiger partial charge < -0.3 is 14.2 Å². The van der Waals surface area contributed by atoms with E-state index in [-0.39, 0.29) is 23.0 Å². The molecule has 1 heterocycles. The van der Waals surface area contributed by atoms with Crippen LogP contribution in [0.3, 0.4) is 0 Å². The van der Waals surface area contributed by atoms with Crippen LogP contribution >= 0.6 is 22.6 Å². The minimum absolute atomic E-state index is 0.00866. The van der Waals surface area contributed by atoms with Crippen molar-refractivity contribution in [3.05, 3.63) is 66.4 Å². The van der Waals surface area contributed by atoms with Gasteiger partial charge in [-0.1, -0.05) is 6.07 Å². The van der Waals surface area contributed by atoms with Gasteiger partial charge in [0.2, 0.25) is 5.90 Å². The Morgan fingerprint density at radius 2 is 2.07 bits per heavy atom. The van der Waals surface area contributed by atoms with Crippen molar-refractivity contribution in [3.8, 4) is 11.5 Å². The fourth-order valence-electron chi connectivity index (χ4n) is 2.80. The van der Waals surface area contributed by atoms with Gasteiger partial charge in [-0.25, -0.2) is 9.79 Å². The first-order chi connectivity index (χ1) is 14.2. The van der Waals surface area contributed by atoms with Crippen molar-refractivity contribution in [3.63, 3.8) is 0 Å². The summed E-state index contributed by atoms with van der Waals surface area (Å²) in [5.41, 5.74) is 1.20. The zero-order valence-electron chi connectivity index (χ0n) is 16.1. The predicted octanol–water partition coefficient (Wildman–Crippen LogP) is 3.79. The van der Waals surface area contributed by atoms with Crippen molar-refractivity contribution in [1.82, 2.24) is 0 Å². The van der Waals surface area contributed by atoms with Gasteiger partial charge in [0, 0.05) is 24.1 Å². The third kappa shape index (κ3) is 4.32. The summed E-state index contributed by atoms with van der Waals surface area (Å²) in [6.07, 6.45) is 1.49. The Morgan fingerprint density at radius 3 is 2.70 bits per heavy atom. The summed E-state index contributed by atoms with van der Waals surface area (Å²) in [6, 6.07) is 7.74. The molecule has 30 heavy (non-hydrogen) atoms. The van der Waals surface area contributed by atoms with E-state index in [1.807, 2.05) is 22.6 Å². The maximum absolute atomic E-state index is 12.3. The molecule has 0 unspecified atom stereocenters. The number of nitro groups is 1. The molecule has 154 valence electrons. The average Bonchev–Trinajstić information content (AvgIpc) is 3.03. The number of hydrogen-bond acceptors (Lipinski definition) is 8. The standard InChI is InChI=1S/C20H15IN2O7/c1-10-13(5-4-6-16(10)23(26)27)19-22-15(20(25)30-19)8-12-7-14(21)18(29-11(2)24)17(9-12)28-3/h4-9H,1-3H3/b15-8-. The highest BCUT2D eigenvalue weighted by molar-refractivity contribution is 14.1. The molecule has 1 aliphatic rings. The molecule has 9 nitrogen and oxygen atoms in total. The topological polar surface area (TPSA) is 117 Å². The van der Waals surface area contributed by atoms with E-state index in [4.69, 9.17) is 14.2 Å². The Balaban J connectivity index is 2.01. The van der Waals surface area contributed by atoms with E-state index in [9.17, 15) is 19.7 Å². The van der Waals surface area contributed by atoms with Crippen molar-refractivity contribution < 1.29 is 28.7 Å². The number of halogens is 1. The monoisotopic (exact) mass is 522 g/mol. The van der Waals surface area contributed by atoms with Crippen molar-refractivity contribution in [1.29, 1.82) is 0 Å². The molecule has 0 atom stereocenters. The van der Waals surface area contributed by atoms with E-state index in [1.54, 1.807) is 25.1 Å². The number of rotatable bonds is 5. The number of carbonyl (C=O) groups is 2. The summed E-state index contributed by atoms with van der Waals surface area (Å²) in [6.45, 7) is 2.85. The fourth-order valence-corrected chi connectivity index (χ4v) is 3.54. The number of benzene rings is 2. The second-order valence-corrected chi connectivity index (χ2v) is 7.33. The van der Waals surface area contributed by atoms with Crippen LogP contribution in [0.15, 0.2) is 41.0 Å². The van der Waals surface area contributed by atoms with Crippen molar-refractivity contribution in [2.45, 2.75) is 13.8 Å². The minimum atomic E-state index is -0.686. The largest absolute Gasteiger partial charge is 0.493 e. The van der Waals surface area contributed by atoms with Crippen LogP contribution in [0.4, 0.5) is 5.69 Å². The molecule has 2 aromatic carbocycles. The smallest absolute Gasteiger partial charge is 0.363 e. The number of ether oxygens (including phenoxy) is 3. The Kier molecular flexibility index (Phi) is 6.15. The molecule has 0 saturated carbocycles. The molecule has 0 aliphatic carbocycles. The maximum atomic E-state index is 12.3. The molecule has 0 bridgehead atoms. The molecule has 0 aromatic heterocycles. The third-order valence-corrected chi connectivity index (χ3v) is 4.96. The number of nitro benzene ring substituents is 1. The normalized spacial score (nSPS) is 14.3. The maximum Gasteiger partial charge on any atom is 0.363 e. The second kappa shape index (κ2) is 8.61. The van der Waals surface area contributed by atoms with Gasteiger partial charge in [-0.3, -0.25) is 14.9 Å². The first-order valence-electron chi connectivity index (χ1n) is 8.54. The minimum Gasteiger partial charge on any atom is -0.493 e. The van der Waals surface area contributed by atoms with Crippen molar-refractivity contribution in [2.75, 3.05) is 7.11 Å². The van der Waals surface area contributed by atoms with Gasteiger partial charge in [0.05, 0.1) is 15.6 Å². The Morgan fingerprint density at radius 1 is 1.33 bits per heavy atom.